The van der Waals surface area contributed by atoms with Crippen LogP contribution in [0.5, 0.6) is 11.5 Å². The largest absolute Gasteiger partial charge is 0.497 e. The summed E-state index contributed by atoms with van der Waals surface area (Å²) in [4.78, 5) is 24.0. The van der Waals surface area contributed by atoms with E-state index >= 15 is 0 Å². The van der Waals surface area contributed by atoms with Crippen LogP contribution in [0.2, 0.25) is 0 Å². The van der Waals surface area contributed by atoms with Crippen molar-refractivity contribution < 1.29 is 23.4 Å². The number of carbonyl (C=O) groups excluding carboxylic acids is 1. The van der Waals surface area contributed by atoms with Crippen LogP contribution in [0, 0.1) is 0 Å². The summed E-state index contributed by atoms with van der Waals surface area (Å²) in [6.45, 7) is -0.390. The highest BCUT2D eigenvalue weighted by atomic mass is 16.5. The van der Waals surface area contributed by atoms with Crippen molar-refractivity contribution in [2.45, 2.75) is 13.2 Å². The molecule has 3 aromatic rings. The van der Waals surface area contributed by atoms with E-state index in [2.05, 4.69) is 5.10 Å². The van der Waals surface area contributed by atoms with E-state index in [-0.39, 0.29) is 19.0 Å². The fourth-order valence-corrected chi connectivity index (χ4v) is 2.42. The maximum atomic E-state index is 12.1. The number of carbonyl (C=O) groups is 1. The first-order chi connectivity index (χ1) is 13.1. The van der Waals surface area contributed by atoms with Gasteiger partial charge in [0, 0.05) is 11.1 Å². The SMILES string of the molecule is COc1ccc(OC)c(COC(=O)Cn2nc(-c3ccccc3)oc2=O)c1. The predicted molar refractivity (Wildman–Crippen MR) is 95.5 cm³/mol. The van der Waals surface area contributed by atoms with Gasteiger partial charge in [0.15, 0.2) is 0 Å². The molecular formula is C19H18N2O6. The number of aromatic nitrogens is 2. The van der Waals surface area contributed by atoms with Crippen LogP contribution in [-0.2, 0) is 22.7 Å². The first-order valence-corrected chi connectivity index (χ1v) is 8.10. The summed E-state index contributed by atoms with van der Waals surface area (Å²) in [5, 5.41) is 4.03. The lowest BCUT2D eigenvalue weighted by Gasteiger charge is -2.10. The molecule has 8 nitrogen and oxygen atoms in total. The third kappa shape index (κ3) is 4.35. The second kappa shape index (κ2) is 8.22. The normalized spacial score (nSPS) is 10.4. The van der Waals surface area contributed by atoms with Crippen LogP contribution in [0.1, 0.15) is 5.56 Å². The minimum Gasteiger partial charge on any atom is -0.497 e. The summed E-state index contributed by atoms with van der Waals surface area (Å²) in [6, 6.07) is 14.1. The third-order valence-corrected chi connectivity index (χ3v) is 3.78. The van der Waals surface area contributed by atoms with E-state index in [9.17, 15) is 9.59 Å². The molecule has 3 rings (SSSR count). The summed E-state index contributed by atoms with van der Waals surface area (Å²) >= 11 is 0. The Labute approximate surface area is 154 Å². The van der Waals surface area contributed by atoms with Crippen molar-refractivity contribution in [3.8, 4) is 23.0 Å². The van der Waals surface area contributed by atoms with Crippen molar-refractivity contribution in [1.82, 2.24) is 9.78 Å². The smallest absolute Gasteiger partial charge is 0.437 e. The van der Waals surface area contributed by atoms with Gasteiger partial charge >= 0.3 is 11.7 Å². The maximum Gasteiger partial charge on any atom is 0.437 e. The summed E-state index contributed by atoms with van der Waals surface area (Å²) in [5.41, 5.74) is 1.28. The van der Waals surface area contributed by atoms with Crippen LogP contribution in [-0.4, -0.2) is 30.0 Å². The van der Waals surface area contributed by atoms with Gasteiger partial charge in [-0.2, -0.15) is 4.68 Å². The van der Waals surface area contributed by atoms with E-state index in [0.717, 1.165) is 4.68 Å². The number of methoxy groups -OCH3 is 2. The van der Waals surface area contributed by atoms with Crippen molar-refractivity contribution in [2.75, 3.05) is 14.2 Å². The number of esters is 1. The zero-order valence-corrected chi connectivity index (χ0v) is 14.9. The van der Waals surface area contributed by atoms with Gasteiger partial charge in [0.25, 0.3) is 0 Å². The van der Waals surface area contributed by atoms with Gasteiger partial charge in [-0.25, -0.2) is 4.79 Å². The molecule has 2 aromatic carbocycles. The molecule has 0 radical (unpaired) electrons. The first kappa shape index (κ1) is 18.2. The lowest BCUT2D eigenvalue weighted by Crippen LogP contribution is -2.23. The van der Waals surface area contributed by atoms with Crippen molar-refractivity contribution >= 4 is 5.97 Å². The molecule has 0 amide bonds. The number of benzene rings is 2. The molecular weight excluding hydrogens is 352 g/mol. The summed E-state index contributed by atoms with van der Waals surface area (Å²) in [6.07, 6.45) is 0. The summed E-state index contributed by atoms with van der Waals surface area (Å²) in [7, 11) is 3.06. The highest BCUT2D eigenvalue weighted by Crippen LogP contribution is 2.24. The fraction of sp³-hybridized carbons (Fsp3) is 0.211. The second-order valence-corrected chi connectivity index (χ2v) is 5.54. The molecule has 0 fully saturated rings. The van der Waals surface area contributed by atoms with Crippen LogP contribution in [0.3, 0.4) is 0 Å². The monoisotopic (exact) mass is 370 g/mol. The molecule has 140 valence electrons. The third-order valence-electron chi connectivity index (χ3n) is 3.78. The molecule has 0 atom stereocenters. The van der Waals surface area contributed by atoms with E-state index in [4.69, 9.17) is 18.6 Å². The Morgan fingerprint density at radius 1 is 1.11 bits per heavy atom. The van der Waals surface area contributed by atoms with Gasteiger partial charge in [-0.1, -0.05) is 18.2 Å². The molecule has 0 unspecified atom stereocenters. The van der Waals surface area contributed by atoms with Gasteiger partial charge in [0.2, 0.25) is 5.89 Å². The average molecular weight is 370 g/mol. The number of nitrogens with zero attached hydrogens (tertiary/aromatic N) is 2. The molecule has 0 aliphatic rings. The topological polar surface area (TPSA) is 92.8 Å². The van der Waals surface area contributed by atoms with Crippen molar-refractivity contribution in [2.24, 2.45) is 0 Å². The van der Waals surface area contributed by atoms with Crippen LogP contribution < -0.4 is 15.2 Å². The molecule has 0 saturated carbocycles. The Balaban J connectivity index is 1.67. The van der Waals surface area contributed by atoms with Crippen molar-refractivity contribution in [3.05, 3.63) is 64.6 Å². The molecule has 8 heteroatoms. The fourth-order valence-electron chi connectivity index (χ4n) is 2.42. The molecule has 0 aliphatic carbocycles. The predicted octanol–water partition coefficient (Wildman–Crippen LogP) is 2.26. The lowest BCUT2D eigenvalue weighted by atomic mass is 10.2. The maximum absolute atomic E-state index is 12.1. The molecule has 0 saturated heterocycles. The van der Waals surface area contributed by atoms with Gasteiger partial charge in [-0.3, -0.25) is 4.79 Å². The summed E-state index contributed by atoms with van der Waals surface area (Å²) < 4.78 is 21.6. The first-order valence-electron chi connectivity index (χ1n) is 8.10. The Bertz CT molecular complexity index is 977. The Morgan fingerprint density at radius 3 is 2.59 bits per heavy atom. The molecule has 0 N–H and O–H groups in total. The molecule has 27 heavy (non-hydrogen) atoms. The Morgan fingerprint density at radius 2 is 1.89 bits per heavy atom. The highest BCUT2D eigenvalue weighted by Gasteiger charge is 2.15. The van der Waals surface area contributed by atoms with Crippen molar-refractivity contribution in [3.63, 3.8) is 0 Å². The number of ether oxygens (including phenoxy) is 3. The van der Waals surface area contributed by atoms with Crippen LogP contribution >= 0.6 is 0 Å². The number of hydrogen-bond donors (Lipinski definition) is 0. The number of rotatable bonds is 7. The average Bonchev–Trinajstić information content (AvgIpc) is 3.07. The lowest BCUT2D eigenvalue weighted by molar-refractivity contribution is -0.146. The van der Waals surface area contributed by atoms with E-state index in [1.54, 1.807) is 49.6 Å². The number of hydrogen-bond acceptors (Lipinski definition) is 7. The molecule has 1 aromatic heterocycles. The zero-order valence-electron chi connectivity index (χ0n) is 14.9. The van der Waals surface area contributed by atoms with Gasteiger partial charge in [0.1, 0.15) is 24.7 Å². The summed E-state index contributed by atoms with van der Waals surface area (Å²) in [5.74, 6) is -0.0434. The van der Waals surface area contributed by atoms with E-state index in [1.165, 1.54) is 7.11 Å². The van der Waals surface area contributed by atoms with Crippen LogP contribution in [0.25, 0.3) is 11.5 Å². The molecule has 0 spiro atoms. The second-order valence-electron chi connectivity index (χ2n) is 5.54. The standard InChI is InChI=1S/C19H18N2O6/c1-24-15-8-9-16(25-2)14(10-15)12-26-17(22)11-21-19(23)27-18(20-21)13-6-4-3-5-7-13/h3-10H,11-12H2,1-2H3. The Hall–Kier alpha value is -3.55. The van der Waals surface area contributed by atoms with Gasteiger partial charge < -0.3 is 18.6 Å². The van der Waals surface area contributed by atoms with E-state index < -0.39 is 11.7 Å². The molecule has 1 heterocycles. The van der Waals surface area contributed by atoms with Crippen LogP contribution in [0.4, 0.5) is 0 Å². The van der Waals surface area contributed by atoms with Crippen molar-refractivity contribution in [1.29, 1.82) is 0 Å². The quantitative estimate of drug-likeness (QED) is 0.589. The minimum atomic E-state index is -0.732. The molecule has 0 bridgehead atoms. The zero-order chi connectivity index (χ0) is 19.2. The van der Waals surface area contributed by atoms with E-state index in [0.29, 0.717) is 22.6 Å². The highest BCUT2D eigenvalue weighted by molar-refractivity contribution is 5.69. The van der Waals surface area contributed by atoms with Gasteiger partial charge in [0.05, 0.1) is 14.2 Å². The Kier molecular flexibility index (Phi) is 5.55. The minimum absolute atomic E-state index is 0.0304. The van der Waals surface area contributed by atoms with Gasteiger partial charge in [-0.05, 0) is 30.3 Å². The van der Waals surface area contributed by atoms with E-state index in [1.807, 2.05) is 6.07 Å². The molecule has 0 aliphatic heterocycles. The van der Waals surface area contributed by atoms with Gasteiger partial charge in [-0.15, -0.1) is 5.10 Å². The van der Waals surface area contributed by atoms with Crippen LogP contribution in [0.15, 0.2) is 57.7 Å².